The Kier molecular flexibility index (Phi) is 16.9. The second-order valence-electron chi connectivity index (χ2n) is 32.8. The number of benzene rings is 21. The molecule has 0 saturated heterocycles. The van der Waals surface area contributed by atoms with Crippen LogP contribution in [0.15, 0.2) is 454 Å². The van der Waals surface area contributed by atoms with Crippen molar-refractivity contribution in [2.75, 3.05) is 19.6 Å². The van der Waals surface area contributed by atoms with E-state index < -0.39 is 0 Å². The maximum atomic E-state index is 6.64. The molecule has 128 heavy (non-hydrogen) atoms. The quantitative estimate of drug-likeness (QED) is 0.106. The lowest BCUT2D eigenvalue weighted by molar-refractivity contribution is 0.668. The predicted molar refractivity (Wildman–Crippen MR) is 542 cm³/mol. The van der Waals surface area contributed by atoms with E-state index in [4.69, 9.17) is 17.7 Å². The summed E-state index contributed by atoms with van der Waals surface area (Å²) >= 11 is 3.74. The summed E-state index contributed by atoms with van der Waals surface area (Å²) in [6.07, 6.45) is 0. The van der Waals surface area contributed by atoms with Gasteiger partial charge < -0.3 is 37.3 Å². The number of para-hydroxylation sites is 10. The van der Waals surface area contributed by atoms with Gasteiger partial charge in [0.15, 0.2) is 11.2 Å². The maximum absolute atomic E-state index is 6.64. The van der Waals surface area contributed by atoms with Gasteiger partial charge in [-0.2, -0.15) is 0 Å². The molecule has 0 atom stereocenters. The third kappa shape index (κ3) is 11.8. The Labute approximate surface area is 741 Å². The van der Waals surface area contributed by atoms with Crippen LogP contribution in [0.5, 0.6) is 0 Å². The summed E-state index contributed by atoms with van der Waals surface area (Å²) in [5.41, 5.74) is 22.2. The van der Waals surface area contributed by atoms with Crippen molar-refractivity contribution in [3.8, 4) is 11.1 Å². The molecule has 21 aromatic carbocycles. The van der Waals surface area contributed by atoms with Gasteiger partial charge in [-0.05, 0) is 202 Å². The summed E-state index contributed by atoms with van der Waals surface area (Å²) in [5, 5.41) is 23.8. The zero-order chi connectivity index (χ0) is 84.0. The van der Waals surface area contributed by atoms with E-state index in [0.29, 0.717) is 0 Å². The average molecular weight is 1670 g/mol. The third-order valence-corrected chi connectivity index (χ3v) is 28.0. The molecule has 0 N–H and O–H groups in total. The topological polar surface area (TPSA) is 65.5 Å². The molecule has 8 nitrogen and oxygen atoms in total. The van der Waals surface area contributed by atoms with Gasteiger partial charge >= 0.3 is 0 Å². The average Bonchev–Trinajstić information content (AvgIpc) is 1.55. The van der Waals surface area contributed by atoms with Gasteiger partial charge in [-0.1, -0.05) is 273 Å². The number of fused-ring (bicyclic) bond motifs is 28. The molecule has 10 heteroatoms. The van der Waals surface area contributed by atoms with Crippen LogP contribution in [0.25, 0.3) is 182 Å². The highest BCUT2D eigenvalue weighted by Gasteiger charge is 2.28. The smallest absolute Gasteiger partial charge is 0.159 e. The lowest BCUT2D eigenvalue weighted by atomic mass is 9.96. The molecule has 0 aliphatic carbocycles. The molecule has 27 aromatic rings. The zero-order valence-electron chi connectivity index (χ0n) is 68.8. The first-order valence-electron chi connectivity index (χ1n) is 43.2. The van der Waals surface area contributed by atoms with Gasteiger partial charge in [-0.25, -0.2) is 0 Å². The molecule has 0 spiro atoms. The van der Waals surface area contributed by atoms with E-state index in [1.54, 1.807) is 0 Å². The number of hydrogen-bond donors (Lipinski definition) is 0. The van der Waals surface area contributed by atoms with Crippen LogP contribution >= 0.6 is 22.7 Å². The van der Waals surface area contributed by atoms with Gasteiger partial charge in [-0.3, -0.25) is 0 Å². The lowest BCUT2D eigenvalue weighted by Crippen LogP contribution is -2.11. The van der Waals surface area contributed by atoms with Crippen molar-refractivity contribution in [3.63, 3.8) is 0 Å². The second kappa shape index (κ2) is 29.6. The van der Waals surface area contributed by atoms with Gasteiger partial charge in [0.25, 0.3) is 0 Å². The van der Waals surface area contributed by atoms with Crippen LogP contribution in [-0.4, -0.2) is 0 Å². The predicted octanol–water partition coefficient (Wildman–Crippen LogP) is 35.9. The highest BCUT2D eigenvalue weighted by atomic mass is 32.1. The van der Waals surface area contributed by atoms with Gasteiger partial charge in [0, 0.05) is 151 Å². The Bertz CT molecular complexity index is 9150. The van der Waals surface area contributed by atoms with Crippen LogP contribution in [-0.2, 0) is 0 Å². The number of anilines is 12. The molecule has 0 bridgehead atoms. The molecule has 0 aliphatic rings. The molecule has 0 radical (unpaired) electrons. The first-order valence-corrected chi connectivity index (χ1v) is 44.9. The molecule has 0 amide bonds. The van der Waals surface area contributed by atoms with Crippen molar-refractivity contribution >= 4 is 262 Å². The molecule has 27 rings (SSSR count). The first kappa shape index (κ1) is 73.1. The third-order valence-electron chi connectivity index (χ3n) is 25.6. The second-order valence-corrected chi connectivity index (χ2v) is 34.9. The van der Waals surface area contributed by atoms with E-state index in [0.717, 1.165) is 167 Å². The lowest BCUT2D eigenvalue weighted by Gasteiger charge is -2.28. The Morgan fingerprint density at radius 3 is 0.906 bits per heavy atom. The summed E-state index contributed by atoms with van der Waals surface area (Å²) in [6.45, 7) is 0. The van der Waals surface area contributed by atoms with Gasteiger partial charge in [0.2, 0.25) is 0 Å². The van der Waals surface area contributed by atoms with Crippen LogP contribution in [0.1, 0.15) is 0 Å². The summed E-state index contributed by atoms with van der Waals surface area (Å²) < 4.78 is 30.8. The molecular formula is C118H72N4O4S2. The van der Waals surface area contributed by atoms with Crippen molar-refractivity contribution in [1.82, 2.24) is 0 Å². The fourth-order valence-corrected chi connectivity index (χ4v) is 22.5. The van der Waals surface area contributed by atoms with Crippen LogP contribution < -0.4 is 19.6 Å². The molecular weight excluding hydrogens is 1600 g/mol. The van der Waals surface area contributed by atoms with Gasteiger partial charge in [-0.15, -0.1) is 22.7 Å². The SMILES string of the molecule is c1ccc(-c2ccccc2N(c2ccc3oc4ccccc4c3c2)c2ccc3c(c2)c2ccccc2c2c4ccc(N(c5ccccc5)c5cccc6c5oc5ccccc56)cc4sc32)cc1.c1ccc(N(c2ccc3oc4ccccc4c3c2)c2ccc3c(c2)c2ccccc2c2c4ccc(N(c5ccccc5)c5cccc6c5oc5ccccc56)cc4sc32)cc1. The van der Waals surface area contributed by atoms with Crippen LogP contribution in [0.2, 0.25) is 0 Å². The summed E-state index contributed by atoms with van der Waals surface area (Å²) in [5.74, 6) is 0. The number of thiophene rings is 2. The normalized spacial score (nSPS) is 11.9. The molecule has 600 valence electrons. The van der Waals surface area contributed by atoms with Crippen molar-refractivity contribution in [3.05, 3.63) is 437 Å². The first-order chi connectivity index (χ1) is 63.5. The Hall–Kier alpha value is -16.5. The number of hydrogen-bond acceptors (Lipinski definition) is 10. The minimum absolute atomic E-state index is 0.871. The molecule has 0 saturated carbocycles. The summed E-state index contributed by atoms with van der Waals surface area (Å²) in [6, 6.07) is 156. The van der Waals surface area contributed by atoms with Crippen molar-refractivity contribution in [2.24, 2.45) is 0 Å². The number of rotatable bonds is 13. The van der Waals surface area contributed by atoms with E-state index in [1.807, 2.05) is 65.1 Å². The fourth-order valence-electron chi connectivity index (χ4n) is 19.9. The monoisotopic (exact) mass is 1670 g/mol. The molecule has 6 heterocycles. The van der Waals surface area contributed by atoms with Crippen molar-refractivity contribution < 1.29 is 17.7 Å². The molecule has 6 aromatic heterocycles. The van der Waals surface area contributed by atoms with Crippen LogP contribution in [0.4, 0.5) is 68.2 Å². The molecule has 0 fully saturated rings. The van der Waals surface area contributed by atoms with Gasteiger partial charge in [0.05, 0.1) is 17.1 Å². The highest BCUT2D eigenvalue weighted by Crippen LogP contribution is 2.54. The fraction of sp³-hybridized carbons (Fsp3) is 0. The summed E-state index contributed by atoms with van der Waals surface area (Å²) in [7, 11) is 0. The zero-order valence-corrected chi connectivity index (χ0v) is 70.4. The van der Waals surface area contributed by atoms with Gasteiger partial charge in [0.1, 0.15) is 33.5 Å². The van der Waals surface area contributed by atoms with E-state index in [9.17, 15) is 0 Å². The Balaban J connectivity index is 0.000000136. The summed E-state index contributed by atoms with van der Waals surface area (Å²) in [4.78, 5) is 9.44. The molecule has 0 aliphatic heterocycles. The standard InChI is InChI=1S/C62H38N2O2S.C56H34N2O2S/c1-3-16-39(17-4-1)44-20-9-12-26-54(44)64(42-32-35-58-53(37-42)47-23-11-13-28-56(47)65-58)41-30-33-50-52(36-41)45-21-7-8-24-48(45)60-51-34-31-43(38-59(51)67-62(50)60)63(40-18-5-2-6-19-40)55-27-15-25-49-46-22-10-14-29-57(46)66-61(49)55;1-3-14-35(15-4-1)57(38-28-31-52-48(33-38)42-20-10-11-24-50(42)59-52)37-26-29-45-47(32-37)40-18-7-8-21-43(40)54-46-30-27-39(34-53(46)61-56(45)54)58(36-16-5-2-6-17-36)49-23-13-22-44-41-19-9-12-25-51(41)60-55(44)49/h1-38H;1-34H. The minimum Gasteiger partial charge on any atom is -0.456 e. The maximum Gasteiger partial charge on any atom is 0.159 e. The van der Waals surface area contributed by atoms with E-state index >= 15 is 0 Å². The van der Waals surface area contributed by atoms with E-state index in [-0.39, 0.29) is 0 Å². The highest BCUT2D eigenvalue weighted by molar-refractivity contribution is 7.27. The van der Waals surface area contributed by atoms with Crippen LogP contribution in [0, 0.1) is 0 Å². The largest absolute Gasteiger partial charge is 0.456 e. The molecule has 0 unspecified atom stereocenters. The van der Waals surface area contributed by atoms with E-state index in [1.165, 1.54) is 83.4 Å². The Morgan fingerprint density at radius 1 is 0.164 bits per heavy atom. The minimum atomic E-state index is 0.871. The van der Waals surface area contributed by atoms with Crippen LogP contribution in [0.3, 0.4) is 0 Å². The van der Waals surface area contributed by atoms with E-state index in [2.05, 4.69) is 414 Å². The van der Waals surface area contributed by atoms with Crippen molar-refractivity contribution in [2.45, 2.75) is 0 Å². The Morgan fingerprint density at radius 2 is 0.461 bits per heavy atom. The number of furan rings is 4. The number of nitrogens with zero attached hydrogens (tertiary/aromatic N) is 4. The van der Waals surface area contributed by atoms with Crippen molar-refractivity contribution in [1.29, 1.82) is 0 Å².